The van der Waals surface area contributed by atoms with E-state index in [1.54, 1.807) is 30.5 Å². The fraction of sp³-hybridized carbons (Fsp3) is 0.200. The van der Waals surface area contributed by atoms with E-state index in [9.17, 15) is 9.59 Å². The first-order valence-corrected chi connectivity index (χ1v) is 8.72. The minimum absolute atomic E-state index is 0.0613. The third-order valence-corrected chi connectivity index (χ3v) is 4.78. The highest BCUT2D eigenvalue weighted by Crippen LogP contribution is 2.33. The Labute approximate surface area is 155 Å². The second-order valence-corrected chi connectivity index (χ2v) is 6.95. The van der Waals surface area contributed by atoms with Crippen molar-refractivity contribution in [3.05, 3.63) is 69.0 Å². The van der Waals surface area contributed by atoms with Gasteiger partial charge in [0.2, 0.25) is 5.43 Å². The highest BCUT2D eigenvalue weighted by molar-refractivity contribution is 6.35. The van der Waals surface area contributed by atoms with Crippen LogP contribution in [0, 0.1) is 6.92 Å². The van der Waals surface area contributed by atoms with Crippen LogP contribution in [0.15, 0.2) is 47.4 Å². The molecule has 2 heterocycles. The highest BCUT2D eigenvalue weighted by Gasteiger charge is 2.24. The van der Waals surface area contributed by atoms with E-state index in [1.165, 1.54) is 0 Å². The Hall–Kier alpha value is -2.79. The Bertz CT molecular complexity index is 1090. The van der Waals surface area contributed by atoms with Crippen LogP contribution in [0.4, 0.5) is 5.69 Å². The van der Waals surface area contributed by atoms with Gasteiger partial charge in [-0.1, -0.05) is 29.3 Å². The molecule has 1 N–H and O–H groups in total. The van der Waals surface area contributed by atoms with Crippen LogP contribution in [0.2, 0.25) is 5.02 Å². The van der Waals surface area contributed by atoms with Crippen molar-refractivity contribution in [1.82, 2.24) is 4.57 Å². The van der Waals surface area contributed by atoms with E-state index in [1.807, 2.05) is 30.5 Å². The number of benzene rings is 2. The lowest BCUT2D eigenvalue weighted by Gasteiger charge is -2.26. The molecule has 4 rings (SSSR count). The lowest BCUT2D eigenvalue weighted by Crippen LogP contribution is -2.30. The first kappa shape index (κ1) is 16.7. The van der Waals surface area contributed by atoms with Gasteiger partial charge in [-0.15, -0.1) is 0 Å². The average molecular weight is 369 g/mol. The summed E-state index contributed by atoms with van der Waals surface area (Å²) in [4.78, 5) is 25.7. The molecular weight excluding hydrogens is 352 g/mol. The molecule has 1 aromatic heterocycles. The first-order chi connectivity index (χ1) is 12.4. The maximum atomic E-state index is 12.9. The van der Waals surface area contributed by atoms with Gasteiger partial charge in [-0.2, -0.15) is 0 Å². The van der Waals surface area contributed by atoms with E-state index in [4.69, 9.17) is 16.3 Å². The van der Waals surface area contributed by atoms with Gasteiger partial charge in [0.15, 0.2) is 0 Å². The van der Waals surface area contributed by atoms with Crippen LogP contribution in [-0.2, 0) is 6.54 Å². The molecule has 0 fully saturated rings. The Morgan fingerprint density at radius 1 is 1.23 bits per heavy atom. The van der Waals surface area contributed by atoms with Gasteiger partial charge in [0, 0.05) is 11.9 Å². The van der Waals surface area contributed by atoms with Gasteiger partial charge in [-0.05, 0) is 38.1 Å². The maximum Gasteiger partial charge on any atom is 0.261 e. The number of ether oxygens (including phenoxy) is 1. The number of carbonyl (C=O) groups is 1. The molecule has 26 heavy (non-hydrogen) atoms. The van der Waals surface area contributed by atoms with Crippen molar-refractivity contribution < 1.29 is 9.53 Å². The largest absolute Gasteiger partial charge is 0.487 e. The second-order valence-electron chi connectivity index (χ2n) is 6.54. The van der Waals surface area contributed by atoms with Gasteiger partial charge in [-0.25, -0.2) is 0 Å². The number of pyridine rings is 1. The van der Waals surface area contributed by atoms with Crippen molar-refractivity contribution in [2.45, 2.75) is 26.5 Å². The van der Waals surface area contributed by atoms with Crippen LogP contribution < -0.4 is 15.5 Å². The van der Waals surface area contributed by atoms with E-state index >= 15 is 0 Å². The summed E-state index contributed by atoms with van der Waals surface area (Å²) in [6.45, 7) is 4.44. The molecule has 132 valence electrons. The Kier molecular flexibility index (Phi) is 3.96. The molecule has 1 amide bonds. The molecule has 5 nitrogen and oxygen atoms in total. The van der Waals surface area contributed by atoms with Gasteiger partial charge in [0.1, 0.15) is 17.4 Å². The number of aromatic nitrogens is 1. The van der Waals surface area contributed by atoms with Crippen LogP contribution in [0.25, 0.3) is 10.9 Å². The molecule has 0 saturated carbocycles. The van der Waals surface area contributed by atoms with Crippen LogP contribution in [0.5, 0.6) is 5.75 Å². The third kappa shape index (κ3) is 2.74. The lowest BCUT2D eigenvalue weighted by atomic mass is 10.1. The minimum atomic E-state index is -0.454. The fourth-order valence-corrected chi connectivity index (χ4v) is 3.47. The van der Waals surface area contributed by atoms with E-state index in [0.717, 1.165) is 5.56 Å². The minimum Gasteiger partial charge on any atom is -0.487 e. The molecule has 0 spiro atoms. The number of aryl methyl sites for hydroxylation is 1. The molecule has 0 aliphatic carbocycles. The standard InChI is InChI=1S/C20H17ClN2O3/c1-11-3-5-13(6-4-11)22-20(25)14-10-23-9-12(2)26-16-8-7-15(21)17(18(16)23)19(14)24/h3-8,10,12H,9H2,1-2H3,(H,22,25)/t12-/m0/s1. The van der Waals surface area contributed by atoms with Gasteiger partial charge in [-0.3, -0.25) is 9.59 Å². The van der Waals surface area contributed by atoms with Crippen molar-refractivity contribution in [3.63, 3.8) is 0 Å². The summed E-state index contributed by atoms with van der Waals surface area (Å²) in [7, 11) is 0. The Balaban J connectivity index is 1.85. The molecule has 1 aliphatic heterocycles. The Morgan fingerprint density at radius 2 is 1.96 bits per heavy atom. The van der Waals surface area contributed by atoms with E-state index in [-0.39, 0.29) is 11.7 Å². The number of rotatable bonds is 2. The second kappa shape index (κ2) is 6.18. The van der Waals surface area contributed by atoms with Crippen LogP contribution >= 0.6 is 11.6 Å². The summed E-state index contributed by atoms with van der Waals surface area (Å²) in [5.41, 5.74) is 2.02. The topological polar surface area (TPSA) is 60.3 Å². The van der Waals surface area contributed by atoms with Crippen LogP contribution in [0.1, 0.15) is 22.8 Å². The SMILES string of the molecule is Cc1ccc(NC(=O)c2cn3c4c(ccc(Cl)c4c2=O)O[C@@H](C)C3)cc1. The van der Waals surface area contributed by atoms with Gasteiger partial charge < -0.3 is 14.6 Å². The number of hydrogen-bond acceptors (Lipinski definition) is 3. The maximum absolute atomic E-state index is 12.9. The van der Waals surface area contributed by atoms with Gasteiger partial charge >= 0.3 is 0 Å². The monoisotopic (exact) mass is 368 g/mol. The summed E-state index contributed by atoms with van der Waals surface area (Å²) >= 11 is 6.28. The van der Waals surface area contributed by atoms with Crippen LogP contribution in [-0.4, -0.2) is 16.6 Å². The van der Waals surface area contributed by atoms with Crippen molar-refractivity contribution in [2.75, 3.05) is 5.32 Å². The zero-order valence-electron chi connectivity index (χ0n) is 14.4. The van der Waals surface area contributed by atoms with E-state index < -0.39 is 11.3 Å². The summed E-state index contributed by atoms with van der Waals surface area (Å²) < 4.78 is 7.67. The predicted molar refractivity (Wildman–Crippen MR) is 102 cm³/mol. The van der Waals surface area contributed by atoms with Crippen molar-refractivity contribution in [3.8, 4) is 5.75 Å². The third-order valence-electron chi connectivity index (χ3n) is 4.47. The van der Waals surface area contributed by atoms with E-state index in [0.29, 0.717) is 33.9 Å². The molecule has 0 bridgehead atoms. The highest BCUT2D eigenvalue weighted by atomic mass is 35.5. The molecular formula is C20H17ClN2O3. The Morgan fingerprint density at radius 3 is 2.69 bits per heavy atom. The molecule has 3 aromatic rings. The molecule has 2 aromatic carbocycles. The van der Waals surface area contributed by atoms with Crippen molar-refractivity contribution >= 4 is 34.1 Å². The fourth-order valence-electron chi connectivity index (χ4n) is 3.23. The van der Waals surface area contributed by atoms with Gasteiger partial charge in [0.25, 0.3) is 5.91 Å². The normalized spacial score (nSPS) is 15.6. The lowest BCUT2D eigenvalue weighted by molar-refractivity contribution is 0.102. The van der Waals surface area contributed by atoms with Crippen molar-refractivity contribution in [1.29, 1.82) is 0 Å². The molecule has 1 aliphatic rings. The van der Waals surface area contributed by atoms with Crippen LogP contribution in [0.3, 0.4) is 0 Å². The molecule has 0 radical (unpaired) electrons. The number of nitrogens with one attached hydrogen (secondary N) is 1. The smallest absolute Gasteiger partial charge is 0.261 e. The predicted octanol–water partition coefficient (Wildman–Crippen LogP) is 4.00. The quantitative estimate of drug-likeness (QED) is 0.743. The van der Waals surface area contributed by atoms with Gasteiger partial charge in [0.05, 0.1) is 22.5 Å². The molecule has 0 saturated heterocycles. The number of nitrogens with zero attached hydrogens (tertiary/aromatic N) is 1. The number of hydrogen-bond donors (Lipinski definition) is 1. The zero-order chi connectivity index (χ0) is 18.4. The number of halogens is 1. The zero-order valence-corrected chi connectivity index (χ0v) is 15.1. The number of anilines is 1. The average Bonchev–Trinajstić information content (AvgIpc) is 2.61. The van der Waals surface area contributed by atoms with Crippen molar-refractivity contribution in [2.24, 2.45) is 0 Å². The summed E-state index contributed by atoms with van der Waals surface area (Å²) in [6.07, 6.45) is 1.52. The first-order valence-electron chi connectivity index (χ1n) is 8.34. The molecule has 1 atom stereocenters. The molecule has 0 unspecified atom stereocenters. The summed E-state index contributed by atoms with van der Waals surface area (Å²) in [5, 5.41) is 3.40. The number of carbonyl (C=O) groups excluding carboxylic acids is 1. The molecule has 6 heteroatoms. The number of amides is 1. The summed E-state index contributed by atoms with van der Waals surface area (Å²) in [5.74, 6) is 0.149. The van der Waals surface area contributed by atoms with E-state index in [2.05, 4.69) is 5.32 Å². The summed E-state index contributed by atoms with van der Waals surface area (Å²) in [6, 6.07) is 10.8.